The molecule has 0 saturated carbocycles. The van der Waals surface area contributed by atoms with Gasteiger partial charge in [0, 0.05) is 49.7 Å². The zero-order chi connectivity index (χ0) is 21.6. The highest BCUT2D eigenvalue weighted by Crippen LogP contribution is 2.24. The number of halogens is 2. The van der Waals surface area contributed by atoms with Crippen molar-refractivity contribution in [3.63, 3.8) is 0 Å². The zero-order valence-corrected chi connectivity index (χ0v) is 18.7. The normalized spacial score (nSPS) is 14.7. The van der Waals surface area contributed by atoms with Crippen molar-refractivity contribution in [2.45, 2.75) is 19.3 Å². The lowest BCUT2D eigenvalue weighted by atomic mass is 9.96. The van der Waals surface area contributed by atoms with Crippen LogP contribution < -0.4 is 5.32 Å². The summed E-state index contributed by atoms with van der Waals surface area (Å²) >= 11 is 12.0. The van der Waals surface area contributed by atoms with Gasteiger partial charge in [-0.25, -0.2) is 9.67 Å². The fourth-order valence-corrected chi connectivity index (χ4v) is 4.11. The lowest BCUT2D eigenvalue weighted by molar-refractivity contribution is 0.0690. The highest BCUT2D eigenvalue weighted by molar-refractivity contribution is 6.42. The van der Waals surface area contributed by atoms with Crippen molar-refractivity contribution in [2.75, 3.05) is 26.2 Å². The fourth-order valence-electron chi connectivity index (χ4n) is 3.81. The number of amides is 1. The van der Waals surface area contributed by atoms with Crippen LogP contribution in [0.25, 0.3) is 5.82 Å². The molecule has 31 heavy (non-hydrogen) atoms. The molecule has 0 radical (unpaired) electrons. The van der Waals surface area contributed by atoms with Gasteiger partial charge in [-0.2, -0.15) is 5.10 Å². The average molecular weight is 458 g/mol. The zero-order valence-electron chi connectivity index (χ0n) is 17.2. The monoisotopic (exact) mass is 457 g/mol. The Kier molecular flexibility index (Phi) is 7.22. The summed E-state index contributed by atoms with van der Waals surface area (Å²) in [5.41, 5.74) is 1.64. The van der Waals surface area contributed by atoms with E-state index in [1.54, 1.807) is 29.1 Å². The Balaban J connectivity index is 1.19. The summed E-state index contributed by atoms with van der Waals surface area (Å²) in [7, 11) is 0. The van der Waals surface area contributed by atoms with E-state index in [1.165, 1.54) is 0 Å². The summed E-state index contributed by atoms with van der Waals surface area (Å²) < 4.78 is 1.77. The molecule has 1 saturated heterocycles. The minimum Gasteiger partial charge on any atom is -0.339 e. The SMILES string of the molecule is O=C(c1ccc(Cl)c(Cl)c1)N1CCC(CNCCc2cccc(-n3cccn3)n2)CC1. The third-order valence-electron chi connectivity index (χ3n) is 5.59. The van der Waals surface area contributed by atoms with Crippen LogP contribution in [0.1, 0.15) is 28.9 Å². The van der Waals surface area contributed by atoms with E-state index in [2.05, 4.69) is 15.4 Å². The molecule has 4 rings (SSSR count). The molecule has 2 aromatic heterocycles. The van der Waals surface area contributed by atoms with Gasteiger partial charge in [-0.3, -0.25) is 4.79 Å². The van der Waals surface area contributed by atoms with Gasteiger partial charge >= 0.3 is 0 Å². The van der Waals surface area contributed by atoms with E-state index in [4.69, 9.17) is 23.2 Å². The number of carbonyl (C=O) groups excluding carboxylic acids is 1. The van der Waals surface area contributed by atoms with E-state index in [0.717, 1.165) is 57.0 Å². The molecule has 1 fully saturated rings. The standard InChI is InChI=1S/C23H25Cl2N5O/c24-20-6-5-18(15-21(20)25)23(31)29-13-8-17(9-14-29)16-26-11-7-19-3-1-4-22(28-19)30-12-2-10-27-30/h1-6,10,12,15,17,26H,7-9,11,13-14,16H2. The summed E-state index contributed by atoms with van der Waals surface area (Å²) in [4.78, 5) is 19.3. The number of piperidine rings is 1. The van der Waals surface area contributed by atoms with E-state index >= 15 is 0 Å². The van der Waals surface area contributed by atoms with E-state index in [9.17, 15) is 4.79 Å². The van der Waals surface area contributed by atoms with E-state index in [1.807, 2.05) is 35.4 Å². The van der Waals surface area contributed by atoms with Crippen molar-refractivity contribution in [3.8, 4) is 5.82 Å². The summed E-state index contributed by atoms with van der Waals surface area (Å²) in [6.07, 6.45) is 6.49. The molecule has 1 N–H and O–H groups in total. The van der Waals surface area contributed by atoms with Crippen molar-refractivity contribution >= 4 is 29.1 Å². The third-order valence-corrected chi connectivity index (χ3v) is 6.33. The summed E-state index contributed by atoms with van der Waals surface area (Å²) in [6.45, 7) is 3.35. The van der Waals surface area contributed by atoms with E-state index in [0.29, 0.717) is 21.5 Å². The minimum absolute atomic E-state index is 0.0214. The number of pyridine rings is 1. The molecule has 1 aliphatic rings. The second-order valence-corrected chi connectivity index (χ2v) is 8.57. The van der Waals surface area contributed by atoms with Crippen LogP contribution in [0.3, 0.4) is 0 Å². The molecule has 0 spiro atoms. The third kappa shape index (κ3) is 5.64. The van der Waals surface area contributed by atoms with Crippen LogP contribution in [-0.2, 0) is 6.42 Å². The fraction of sp³-hybridized carbons (Fsp3) is 0.348. The number of nitrogens with one attached hydrogen (secondary N) is 1. The first-order chi connectivity index (χ1) is 15.1. The van der Waals surface area contributed by atoms with Crippen molar-refractivity contribution in [3.05, 3.63) is 76.2 Å². The Labute approximate surface area is 192 Å². The van der Waals surface area contributed by atoms with Crippen LogP contribution in [0, 0.1) is 5.92 Å². The Bertz CT molecular complexity index is 1020. The summed E-state index contributed by atoms with van der Waals surface area (Å²) in [5, 5.41) is 8.66. The van der Waals surface area contributed by atoms with Crippen molar-refractivity contribution in [1.29, 1.82) is 0 Å². The van der Waals surface area contributed by atoms with E-state index in [-0.39, 0.29) is 5.91 Å². The van der Waals surface area contributed by atoms with Gasteiger partial charge in [0.15, 0.2) is 5.82 Å². The van der Waals surface area contributed by atoms with Gasteiger partial charge < -0.3 is 10.2 Å². The largest absolute Gasteiger partial charge is 0.339 e. The molecule has 0 aliphatic carbocycles. The van der Waals surface area contributed by atoms with Crippen LogP contribution in [0.2, 0.25) is 10.0 Å². The average Bonchev–Trinajstić information content (AvgIpc) is 3.34. The predicted molar refractivity (Wildman–Crippen MR) is 123 cm³/mol. The highest BCUT2D eigenvalue weighted by Gasteiger charge is 2.23. The Morgan fingerprint density at radius 2 is 1.94 bits per heavy atom. The molecule has 3 heterocycles. The van der Waals surface area contributed by atoms with E-state index < -0.39 is 0 Å². The van der Waals surface area contributed by atoms with Crippen LogP contribution in [0.4, 0.5) is 0 Å². The van der Waals surface area contributed by atoms with Crippen LogP contribution >= 0.6 is 23.2 Å². The van der Waals surface area contributed by atoms with Gasteiger partial charge in [-0.1, -0.05) is 29.3 Å². The van der Waals surface area contributed by atoms with Gasteiger partial charge in [0.25, 0.3) is 5.91 Å². The molecule has 6 nitrogen and oxygen atoms in total. The van der Waals surface area contributed by atoms with Crippen molar-refractivity contribution < 1.29 is 4.79 Å². The number of benzene rings is 1. The Hall–Kier alpha value is -2.41. The summed E-state index contributed by atoms with van der Waals surface area (Å²) in [5.74, 6) is 1.43. The molecular formula is C23H25Cl2N5O. The molecular weight excluding hydrogens is 433 g/mol. The molecule has 0 atom stereocenters. The number of carbonyl (C=O) groups is 1. The smallest absolute Gasteiger partial charge is 0.253 e. The van der Waals surface area contributed by atoms with Gasteiger partial charge in [0.2, 0.25) is 0 Å². The van der Waals surface area contributed by atoms with Gasteiger partial charge in [-0.15, -0.1) is 0 Å². The molecule has 0 bridgehead atoms. The quantitative estimate of drug-likeness (QED) is 0.538. The maximum atomic E-state index is 12.7. The van der Waals surface area contributed by atoms with Crippen LogP contribution in [0.5, 0.6) is 0 Å². The first-order valence-corrected chi connectivity index (χ1v) is 11.3. The molecule has 0 unspecified atom stereocenters. The number of rotatable bonds is 7. The minimum atomic E-state index is 0.0214. The molecule has 8 heteroatoms. The number of likely N-dealkylation sites (tertiary alicyclic amines) is 1. The second kappa shape index (κ2) is 10.3. The molecule has 162 valence electrons. The first-order valence-electron chi connectivity index (χ1n) is 10.5. The molecule has 1 aromatic carbocycles. The molecule has 1 amide bonds. The number of hydrogen-bond donors (Lipinski definition) is 1. The first kappa shape index (κ1) is 21.8. The van der Waals surface area contributed by atoms with Crippen molar-refractivity contribution in [2.24, 2.45) is 5.92 Å². The Morgan fingerprint density at radius 3 is 2.68 bits per heavy atom. The lowest BCUT2D eigenvalue weighted by Crippen LogP contribution is -2.41. The summed E-state index contributed by atoms with van der Waals surface area (Å²) in [6, 6.07) is 13.0. The number of nitrogens with zero attached hydrogens (tertiary/aromatic N) is 4. The van der Waals surface area contributed by atoms with Gasteiger partial charge in [0.05, 0.1) is 10.0 Å². The van der Waals surface area contributed by atoms with Crippen molar-refractivity contribution in [1.82, 2.24) is 25.0 Å². The highest BCUT2D eigenvalue weighted by atomic mass is 35.5. The maximum Gasteiger partial charge on any atom is 0.253 e. The van der Waals surface area contributed by atoms with Gasteiger partial charge in [-0.05, 0) is 61.7 Å². The van der Waals surface area contributed by atoms with Crippen LogP contribution in [-0.4, -0.2) is 51.8 Å². The lowest BCUT2D eigenvalue weighted by Gasteiger charge is -2.32. The molecule has 3 aromatic rings. The number of aromatic nitrogens is 3. The van der Waals surface area contributed by atoms with Crippen LogP contribution in [0.15, 0.2) is 54.9 Å². The molecule has 1 aliphatic heterocycles. The Morgan fingerprint density at radius 1 is 1.10 bits per heavy atom. The topological polar surface area (TPSA) is 63.1 Å². The predicted octanol–water partition coefficient (Wildman–Crippen LogP) is 4.26. The number of hydrogen-bond acceptors (Lipinski definition) is 4. The second-order valence-electron chi connectivity index (χ2n) is 7.76. The maximum absolute atomic E-state index is 12.7. The van der Waals surface area contributed by atoms with Gasteiger partial charge in [0.1, 0.15) is 0 Å².